The highest BCUT2D eigenvalue weighted by molar-refractivity contribution is 7.89. The molecule has 7 heteroatoms. The van der Waals surface area contributed by atoms with Crippen LogP contribution in [0.25, 0.3) is 0 Å². The maximum Gasteiger partial charge on any atom is 0.243 e. The van der Waals surface area contributed by atoms with Crippen molar-refractivity contribution >= 4 is 15.9 Å². The van der Waals surface area contributed by atoms with Crippen LogP contribution in [-0.4, -0.2) is 38.8 Å². The lowest BCUT2D eigenvalue weighted by Crippen LogP contribution is -2.41. The summed E-state index contributed by atoms with van der Waals surface area (Å²) in [6.07, 6.45) is 0. The zero-order chi connectivity index (χ0) is 20.0. The average molecular weight is 391 g/mol. The van der Waals surface area contributed by atoms with Crippen LogP contribution in [0, 0.1) is 6.92 Å². The van der Waals surface area contributed by atoms with Crippen molar-refractivity contribution in [1.82, 2.24) is 9.62 Å². The number of benzene rings is 2. The van der Waals surface area contributed by atoms with Gasteiger partial charge in [0.05, 0.1) is 24.6 Å². The Morgan fingerprint density at radius 2 is 1.70 bits per heavy atom. The lowest BCUT2D eigenvalue weighted by Gasteiger charge is -2.22. The second kappa shape index (κ2) is 9.01. The molecule has 1 atom stereocenters. The quantitative estimate of drug-likeness (QED) is 0.752. The minimum Gasteiger partial charge on any atom is -0.497 e. The van der Waals surface area contributed by atoms with E-state index in [1.165, 1.54) is 4.31 Å². The summed E-state index contributed by atoms with van der Waals surface area (Å²) < 4.78 is 31.8. The molecule has 0 bridgehead atoms. The number of likely N-dealkylation sites (N-methyl/N-ethyl adjacent to an activating group) is 1. The van der Waals surface area contributed by atoms with E-state index in [9.17, 15) is 13.2 Å². The van der Waals surface area contributed by atoms with E-state index in [-0.39, 0.29) is 29.9 Å². The minimum absolute atomic E-state index is 0.186. The smallest absolute Gasteiger partial charge is 0.243 e. The number of sulfonamides is 1. The Labute approximate surface area is 161 Å². The fourth-order valence-corrected chi connectivity index (χ4v) is 4.05. The van der Waals surface area contributed by atoms with Crippen LogP contribution in [0.1, 0.15) is 31.0 Å². The van der Waals surface area contributed by atoms with Gasteiger partial charge in [0.1, 0.15) is 5.75 Å². The Bertz CT molecular complexity index is 862. The zero-order valence-corrected chi connectivity index (χ0v) is 16.9. The molecular formula is C20H26N2O4S. The van der Waals surface area contributed by atoms with Crippen LogP contribution < -0.4 is 10.1 Å². The monoisotopic (exact) mass is 390 g/mol. The van der Waals surface area contributed by atoms with Crippen molar-refractivity contribution in [3.63, 3.8) is 0 Å². The topological polar surface area (TPSA) is 75.7 Å². The lowest BCUT2D eigenvalue weighted by molar-refractivity contribution is -0.121. The van der Waals surface area contributed by atoms with Crippen LogP contribution in [0.4, 0.5) is 0 Å². The van der Waals surface area contributed by atoms with Crippen molar-refractivity contribution in [1.29, 1.82) is 0 Å². The highest BCUT2D eigenvalue weighted by Gasteiger charge is 2.25. The van der Waals surface area contributed by atoms with E-state index in [1.54, 1.807) is 38.3 Å². The first-order chi connectivity index (χ1) is 12.8. The molecule has 0 aliphatic heterocycles. The van der Waals surface area contributed by atoms with Crippen molar-refractivity contribution in [2.45, 2.75) is 31.7 Å². The van der Waals surface area contributed by atoms with Gasteiger partial charge in [-0.3, -0.25) is 4.79 Å². The third kappa shape index (κ3) is 5.30. The van der Waals surface area contributed by atoms with Crippen molar-refractivity contribution in [3.8, 4) is 5.75 Å². The van der Waals surface area contributed by atoms with E-state index < -0.39 is 10.0 Å². The molecule has 27 heavy (non-hydrogen) atoms. The van der Waals surface area contributed by atoms with E-state index in [2.05, 4.69) is 5.32 Å². The van der Waals surface area contributed by atoms with E-state index in [0.717, 1.165) is 16.9 Å². The molecule has 0 spiro atoms. The van der Waals surface area contributed by atoms with Crippen molar-refractivity contribution in [2.24, 2.45) is 0 Å². The minimum atomic E-state index is -3.72. The van der Waals surface area contributed by atoms with Crippen LogP contribution in [0.3, 0.4) is 0 Å². The number of rotatable bonds is 8. The number of amides is 1. The molecule has 0 radical (unpaired) electrons. The third-order valence-electron chi connectivity index (χ3n) is 4.32. The summed E-state index contributed by atoms with van der Waals surface area (Å²) in [6.45, 7) is 5.44. The first kappa shape index (κ1) is 20.9. The standard InChI is InChI=1S/C20H26N2O4S/c1-5-22(27(24,25)19-12-6-15(2)7-13-19)14-20(23)21-16(3)17-8-10-18(26-4)11-9-17/h6-13,16H,5,14H2,1-4H3,(H,21,23)/t16-/m0/s1. The summed E-state index contributed by atoms with van der Waals surface area (Å²) in [5, 5.41) is 2.85. The van der Waals surface area contributed by atoms with Crippen LogP contribution in [0.5, 0.6) is 5.75 Å². The molecule has 0 unspecified atom stereocenters. The first-order valence-electron chi connectivity index (χ1n) is 8.78. The number of carbonyl (C=O) groups excluding carboxylic acids is 1. The number of nitrogens with zero attached hydrogens (tertiary/aromatic N) is 1. The summed E-state index contributed by atoms with van der Waals surface area (Å²) in [7, 11) is -2.13. The van der Waals surface area contributed by atoms with Gasteiger partial charge in [-0.1, -0.05) is 36.8 Å². The van der Waals surface area contributed by atoms with E-state index in [1.807, 2.05) is 38.1 Å². The maximum atomic E-state index is 12.8. The van der Waals surface area contributed by atoms with E-state index in [4.69, 9.17) is 4.74 Å². The van der Waals surface area contributed by atoms with Gasteiger partial charge in [-0.2, -0.15) is 4.31 Å². The second-order valence-corrected chi connectivity index (χ2v) is 8.24. The van der Waals surface area contributed by atoms with Gasteiger partial charge in [-0.15, -0.1) is 0 Å². The van der Waals surface area contributed by atoms with E-state index >= 15 is 0 Å². The van der Waals surface area contributed by atoms with Crippen LogP contribution in [-0.2, 0) is 14.8 Å². The predicted molar refractivity (Wildman–Crippen MR) is 105 cm³/mol. The van der Waals surface area contributed by atoms with Crippen LogP contribution in [0.2, 0.25) is 0 Å². The van der Waals surface area contributed by atoms with Gasteiger partial charge in [0, 0.05) is 6.54 Å². The summed E-state index contributed by atoms with van der Waals surface area (Å²) in [5.74, 6) is 0.384. The van der Waals surface area contributed by atoms with E-state index in [0.29, 0.717) is 0 Å². The van der Waals surface area contributed by atoms with Gasteiger partial charge in [0.15, 0.2) is 0 Å². The maximum absolute atomic E-state index is 12.8. The van der Waals surface area contributed by atoms with Gasteiger partial charge in [0.25, 0.3) is 0 Å². The number of aryl methyl sites for hydroxylation is 1. The molecule has 0 saturated heterocycles. The second-order valence-electron chi connectivity index (χ2n) is 6.31. The normalized spacial score (nSPS) is 12.6. The molecule has 0 aliphatic rings. The molecule has 0 aliphatic carbocycles. The molecule has 2 rings (SSSR count). The fourth-order valence-electron chi connectivity index (χ4n) is 2.65. The molecular weight excluding hydrogens is 364 g/mol. The summed E-state index contributed by atoms with van der Waals surface area (Å²) in [6, 6.07) is 13.7. The van der Waals surface area contributed by atoms with Gasteiger partial charge in [-0.25, -0.2) is 8.42 Å². The highest BCUT2D eigenvalue weighted by atomic mass is 32.2. The number of methoxy groups -OCH3 is 1. The summed E-state index contributed by atoms with van der Waals surface area (Å²) in [4.78, 5) is 12.6. The molecule has 0 heterocycles. The van der Waals surface area contributed by atoms with Gasteiger partial charge in [0.2, 0.25) is 15.9 Å². The average Bonchev–Trinajstić information content (AvgIpc) is 2.66. The van der Waals surface area contributed by atoms with Crippen LogP contribution >= 0.6 is 0 Å². The number of nitrogens with one attached hydrogen (secondary N) is 1. The molecule has 146 valence electrons. The molecule has 0 aromatic heterocycles. The van der Waals surface area contributed by atoms with Crippen molar-refractivity contribution in [3.05, 3.63) is 59.7 Å². The Morgan fingerprint density at radius 1 is 1.11 bits per heavy atom. The van der Waals surface area contributed by atoms with Gasteiger partial charge >= 0.3 is 0 Å². The van der Waals surface area contributed by atoms with Crippen LogP contribution in [0.15, 0.2) is 53.4 Å². The SMILES string of the molecule is CCN(CC(=O)N[C@@H](C)c1ccc(OC)cc1)S(=O)(=O)c1ccc(C)cc1. The molecule has 1 N–H and O–H groups in total. The lowest BCUT2D eigenvalue weighted by atomic mass is 10.1. The molecule has 0 fully saturated rings. The molecule has 6 nitrogen and oxygen atoms in total. The number of ether oxygens (including phenoxy) is 1. The number of hydrogen-bond donors (Lipinski definition) is 1. The van der Waals surface area contributed by atoms with Gasteiger partial charge in [-0.05, 0) is 43.7 Å². The Kier molecular flexibility index (Phi) is 6.98. The van der Waals surface area contributed by atoms with Gasteiger partial charge < -0.3 is 10.1 Å². The summed E-state index contributed by atoms with van der Waals surface area (Å²) >= 11 is 0. The van der Waals surface area contributed by atoms with Crippen molar-refractivity contribution in [2.75, 3.05) is 20.2 Å². The highest BCUT2D eigenvalue weighted by Crippen LogP contribution is 2.18. The number of hydrogen-bond acceptors (Lipinski definition) is 4. The Balaban J connectivity index is 2.06. The Hall–Kier alpha value is -2.38. The predicted octanol–water partition coefficient (Wildman–Crippen LogP) is 2.89. The largest absolute Gasteiger partial charge is 0.497 e. The number of carbonyl (C=O) groups is 1. The third-order valence-corrected chi connectivity index (χ3v) is 6.26. The molecule has 0 saturated carbocycles. The fraction of sp³-hybridized carbons (Fsp3) is 0.350. The van der Waals surface area contributed by atoms with Crippen molar-refractivity contribution < 1.29 is 17.9 Å². The summed E-state index contributed by atoms with van der Waals surface area (Å²) in [5.41, 5.74) is 1.89. The zero-order valence-electron chi connectivity index (χ0n) is 16.1. The molecule has 2 aromatic rings. The molecule has 1 amide bonds. The Morgan fingerprint density at radius 3 is 2.22 bits per heavy atom. The first-order valence-corrected chi connectivity index (χ1v) is 10.2. The molecule has 2 aromatic carbocycles.